The van der Waals surface area contributed by atoms with Crippen LogP contribution in [0.2, 0.25) is 0 Å². The van der Waals surface area contributed by atoms with Gasteiger partial charge in [0.2, 0.25) is 11.8 Å². The third-order valence-electron chi connectivity index (χ3n) is 4.81. The minimum absolute atomic E-state index is 0.0289. The molecule has 2 saturated carbocycles. The number of carbonyl (C=O) groups is 2. The first kappa shape index (κ1) is 12.0. The Kier molecular flexibility index (Phi) is 2.48. The van der Waals surface area contributed by atoms with Crippen LogP contribution in [0.3, 0.4) is 0 Å². The van der Waals surface area contributed by atoms with Crippen LogP contribution in [0.1, 0.15) is 46.0 Å². The van der Waals surface area contributed by atoms with E-state index in [1.807, 2.05) is 11.8 Å². The summed E-state index contributed by atoms with van der Waals surface area (Å²) in [5.74, 6) is 0.520. The quantitative estimate of drug-likeness (QED) is 0.821. The van der Waals surface area contributed by atoms with Crippen molar-refractivity contribution >= 4 is 11.8 Å². The summed E-state index contributed by atoms with van der Waals surface area (Å²) in [5, 5.41) is 2.97. The number of carbonyl (C=O) groups excluding carboxylic acids is 2. The molecule has 1 saturated heterocycles. The standard InChI is InChI=1S/C14H22N2O2/c1-13(6-7-13)9-16-8-5-11(17)15-14(2,12(16)18)10-3-4-10/h10H,3-9H2,1-2H3,(H,15,17). The van der Waals surface area contributed by atoms with E-state index in [2.05, 4.69) is 12.2 Å². The van der Waals surface area contributed by atoms with Gasteiger partial charge in [0.15, 0.2) is 0 Å². The molecular weight excluding hydrogens is 228 g/mol. The minimum Gasteiger partial charge on any atom is -0.342 e. The molecule has 0 aromatic rings. The van der Waals surface area contributed by atoms with Gasteiger partial charge in [0.1, 0.15) is 5.54 Å². The van der Waals surface area contributed by atoms with Crippen LogP contribution in [0.25, 0.3) is 0 Å². The molecule has 1 aliphatic heterocycles. The van der Waals surface area contributed by atoms with Gasteiger partial charge in [0.05, 0.1) is 0 Å². The normalized spacial score (nSPS) is 35.1. The predicted molar refractivity (Wildman–Crippen MR) is 67.8 cm³/mol. The first-order chi connectivity index (χ1) is 8.43. The summed E-state index contributed by atoms with van der Waals surface area (Å²) in [5.41, 5.74) is -0.327. The molecule has 1 N–H and O–H groups in total. The van der Waals surface area contributed by atoms with Crippen LogP contribution < -0.4 is 5.32 Å². The van der Waals surface area contributed by atoms with Crippen LogP contribution >= 0.6 is 0 Å². The summed E-state index contributed by atoms with van der Waals surface area (Å²) in [6.45, 7) is 5.55. The maximum atomic E-state index is 12.7. The van der Waals surface area contributed by atoms with Crippen molar-refractivity contribution in [2.75, 3.05) is 13.1 Å². The van der Waals surface area contributed by atoms with Gasteiger partial charge < -0.3 is 10.2 Å². The van der Waals surface area contributed by atoms with Crippen molar-refractivity contribution in [2.24, 2.45) is 11.3 Å². The van der Waals surface area contributed by atoms with Gasteiger partial charge in [0, 0.05) is 19.5 Å². The number of nitrogens with zero attached hydrogens (tertiary/aromatic N) is 1. The average Bonchev–Trinajstić information content (AvgIpc) is 3.17. The zero-order valence-corrected chi connectivity index (χ0v) is 11.3. The lowest BCUT2D eigenvalue weighted by Gasteiger charge is -2.33. The molecule has 0 aromatic carbocycles. The Morgan fingerprint density at radius 2 is 1.94 bits per heavy atom. The molecule has 100 valence electrons. The largest absolute Gasteiger partial charge is 0.342 e. The maximum Gasteiger partial charge on any atom is 0.248 e. The molecule has 18 heavy (non-hydrogen) atoms. The van der Waals surface area contributed by atoms with E-state index >= 15 is 0 Å². The second kappa shape index (κ2) is 3.72. The number of amides is 2. The summed E-state index contributed by atoms with van der Waals surface area (Å²) >= 11 is 0. The van der Waals surface area contributed by atoms with Gasteiger partial charge in [-0.15, -0.1) is 0 Å². The van der Waals surface area contributed by atoms with E-state index in [0.717, 1.165) is 19.4 Å². The summed E-state index contributed by atoms with van der Waals surface area (Å²) < 4.78 is 0. The molecule has 4 nitrogen and oxygen atoms in total. The van der Waals surface area contributed by atoms with Crippen molar-refractivity contribution in [3.63, 3.8) is 0 Å². The molecule has 2 aliphatic carbocycles. The summed E-state index contributed by atoms with van der Waals surface area (Å²) in [7, 11) is 0. The van der Waals surface area contributed by atoms with Crippen molar-refractivity contribution in [1.82, 2.24) is 10.2 Å². The summed E-state index contributed by atoms with van der Waals surface area (Å²) in [6, 6.07) is 0. The van der Waals surface area contributed by atoms with E-state index in [4.69, 9.17) is 0 Å². The Morgan fingerprint density at radius 3 is 2.50 bits per heavy atom. The molecule has 1 heterocycles. The van der Waals surface area contributed by atoms with E-state index in [-0.39, 0.29) is 11.8 Å². The molecule has 0 bridgehead atoms. The van der Waals surface area contributed by atoms with Crippen molar-refractivity contribution in [3.8, 4) is 0 Å². The highest BCUT2D eigenvalue weighted by atomic mass is 16.2. The Balaban J connectivity index is 1.81. The highest BCUT2D eigenvalue weighted by Crippen LogP contribution is 2.47. The van der Waals surface area contributed by atoms with Gasteiger partial charge in [-0.3, -0.25) is 9.59 Å². The van der Waals surface area contributed by atoms with Gasteiger partial charge in [-0.05, 0) is 43.9 Å². The molecule has 4 heteroatoms. The molecule has 1 unspecified atom stereocenters. The fourth-order valence-electron chi connectivity index (χ4n) is 2.99. The summed E-state index contributed by atoms with van der Waals surface area (Å²) in [4.78, 5) is 26.5. The molecule has 0 radical (unpaired) electrons. The predicted octanol–water partition coefficient (Wildman–Crippen LogP) is 1.30. The van der Waals surface area contributed by atoms with Crippen molar-refractivity contribution in [1.29, 1.82) is 0 Å². The van der Waals surface area contributed by atoms with Crippen LogP contribution in [-0.4, -0.2) is 35.3 Å². The Morgan fingerprint density at radius 1 is 1.28 bits per heavy atom. The highest BCUT2D eigenvalue weighted by Gasteiger charge is 2.52. The molecule has 3 fully saturated rings. The van der Waals surface area contributed by atoms with E-state index < -0.39 is 5.54 Å². The van der Waals surface area contributed by atoms with Crippen LogP contribution in [0, 0.1) is 11.3 Å². The van der Waals surface area contributed by atoms with Crippen LogP contribution in [0.15, 0.2) is 0 Å². The second-order valence-electron chi connectivity index (χ2n) is 6.81. The summed E-state index contributed by atoms with van der Waals surface area (Å²) in [6.07, 6.45) is 4.99. The zero-order valence-electron chi connectivity index (χ0n) is 11.3. The van der Waals surface area contributed by atoms with E-state index in [0.29, 0.717) is 24.3 Å². The molecule has 3 aliphatic rings. The first-order valence-electron chi connectivity index (χ1n) is 7.03. The molecule has 2 amide bonds. The van der Waals surface area contributed by atoms with Gasteiger partial charge >= 0.3 is 0 Å². The lowest BCUT2D eigenvalue weighted by Crippen LogP contribution is -2.57. The number of hydrogen-bond donors (Lipinski definition) is 1. The molecule has 0 aromatic heterocycles. The van der Waals surface area contributed by atoms with E-state index in [9.17, 15) is 9.59 Å². The fourth-order valence-corrected chi connectivity index (χ4v) is 2.99. The number of hydrogen-bond acceptors (Lipinski definition) is 2. The van der Waals surface area contributed by atoms with Gasteiger partial charge in [-0.1, -0.05) is 6.92 Å². The Bertz CT molecular complexity index is 399. The highest BCUT2D eigenvalue weighted by molar-refractivity contribution is 5.93. The van der Waals surface area contributed by atoms with Gasteiger partial charge in [-0.25, -0.2) is 0 Å². The lowest BCUT2D eigenvalue weighted by molar-refractivity contribution is -0.139. The average molecular weight is 250 g/mol. The number of nitrogens with one attached hydrogen (secondary N) is 1. The molecule has 1 atom stereocenters. The number of rotatable bonds is 3. The molecule has 0 spiro atoms. The van der Waals surface area contributed by atoms with Crippen LogP contribution in [0.5, 0.6) is 0 Å². The van der Waals surface area contributed by atoms with Crippen molar-refractivity contribution < 1.29 is 9.59 Å². The SMILES string of the molecule is CC1(CN2CCC(=O)NC(C)(C3CC3)C2=O)CC1. The zero-order chi connectivity index (χ0) is 13.0. The van der Waals surface area contributed by atoms with Crippen molar-refractivity contribution in [3.05, 3.63) is 0 Å². The first-order valence-corrected chi connectivity index (χ1v) is 7.03. The van der Waals surface area contributed by atoms with Crippen LogP contribution in [-0.2, 0) is 9.59 Å². The topological polar surface area (TPSA) is 49.4 Å². The minimum atomic E-state index is -0.640. The van der Waals surface area contributed by atoms with Crippen molar-refractivity contribution in [2.45, 2.75) is 51.5 Å². The smallest absolute Gasteiger partial charge is 0.248 e. The Hall–Kier alpha value is -1.06. The lowest BCUT2D eigenvalue weighted by atomic mass is 9.93. The third-order valence-corrected chi connectivity index (χ3v) is 4.81. The van der Waals surface area contributed by atoms with Crippen LogP contribution in [0.4, 0.5) is 0 Å². The second-order valence-corrected chi connectivity index (χ2v) is 6.81. The monoisotopic (exact) mass is 250 g/mol. The van der Waals surface area contributed by atoms with E-state index in [1.165, 1.54) is 12.8 Å². The van der Waals surface area contributed by atoms with E-state index in [1.54, 1.807) is 0 Å². The van der Waals surface area contributed by atoms with Gasteiger partial charge in [0.25, 0.3) is 0 Å². The molecule has 3 rings (SSSR count). The Labute approximate surface area is 108 Å². The molecular formula is C14H22N2O2. The third kappa shape index (κ3) is 2.02. The van der Waals surface area contributed by atoms with Gasteiger partial charge in [-0.2, -0.15) is 0 Å². The fraction of sp³-hybridized carbons (Fsp3) is 0.857. The maximum absolute atomic E-state index is 12.7.